The van der Waals surface area contributed by atoms with Gasteiger partial charge in [0.1, 0.15) is 6.07 Å². The number of aromatic nitrogens is 1. The number of hydrogen-bond donors (Lipinski definition) is 0. The Kier molecular flexibility index (Phi) is 6.88. The maximum atomic E-state index is 10.2. The highest BCUT2D eigenvalue weighted by molar-refractivity contribution is 6.07. The smallest absolute Gasteiger partial charge is 0.100 e. The molecular formula is C45H29N5. The van der Waals surface area contributed by atoms with Gasteiger partial charge in [0.25, 0.3) is 0 Å². The van der Waals surface area contributed by atoms with Crippen molar-refractivity contribution in [1.82, 2.24) is 4.57 Å². The van der Waals surface area contributed by atoms with Crippen LogP contribution in [0.4, 0.5) is 11.4 Å². The van der Waals surface area contributed by atoms with Crippen LogP contribution in [-0.2, 0) is 0 Å². The minimum Gasteiger partial charge on any atom is -0.333 e. The molecule has 1 aliphatic heterocycles. The Morgan fingerprint density at radius 3 is 2.40 bits per heavy atom. The van der Waals surface area contributed by atoms with Crippen LogP contribution < -0.4 is 4.90 Å². The summed E-state index contributed by atoms with van der Waals surface area (Å²) >= 11 is 0. The summed E-state index contributed by atoms with van der Waals surface area (Å²) < 4.78 is 2.39. The quantitative estimate of drug-likeness (QED) is 0.196. The van der Waals surface area contributed by atoms with Gasteiger partial charge in [-0.2, -0.15) is 15.8 Å². The molecule has 5 nitrogen and oxygen atoms in total. The van der Waals surface area contributed by atoms with E-state index in [1.54, 1.807) is 0 Å². The van der Waals surface area contributed by atoms with E-state index in [0.717, 1.165) is 44.3 Å². The van der Waals surface area contributed by atoms with Gasteiger partial charge >= 0.3 is 0 Å². The number of rotatable bonds is 4. The molecule has 9 rings (SSSR count). The van der Waals surface area contributed by atoms with Crippen LogP contribution in [0, 0.1) is 52.0 Å². The first-order valence-electron chi connectivity index (χ1n) is 16.9. The predicted octanol–water partition coefficient (Wildman–Crippen LogP) is 9.76. The van der Waals surface area contributed by atoms with Crippen LogP contribution in [0.3, 0.4) is 0 Å². The minimum atomic E-state index is -0.0956. The van der Waals surface area contributed by atoms with Gasteiger partial charge in [-0.25, -0.2) is 0 Å². The van der Waals surface area contributed by atoms with Crippen molar-refractivity contribution in [3.8, 4) is 18.2 Å². The number of para-hydroxylation sites is 2. The molecule has 1 aromatic heterocycles. The Morgan fingerprint density at radius 2 is 1.56 bits per heavy atom. The van der Waals surface area contributed by atoms with Gasteiger partial charge in [-0.1, -0.05) is 103 Å². The van der Waals surface area contributed by atoms with Crippen LogP contribution >= 0.6 is 0 Å². The SMILES string of the molecule is N#CC1=CC2c3ccccc3N(c3ccc(C4CC(C#N)=C(C#N)C=C4C4C=CC=CC4n4c5ccc#cc5c5ccccc54)cc3)C2C=C1. The van der Waals surface area contributed by atoms with Crippen molar-refractivity contribution in [3.63, 3.8) is 0 Å². The number of anilines is 2. The molecule has 0 N–H and O–H groups in total. The number of hydrogen-bond acceptors (Lipinski definition) is 4. The monoisotopic (exact) mass is 639 g/mol. The molecule has 0 fully saturated rings. The van der Waals surface area contributed by atoms with Gasteiger partial charge in [-0.3, -0.25) is 0 Å². The third-order valence-corrected chi connectivity index (χ3v) is 10.7. The first-order chi connectivity index (χ1) is 24.7. The maximum absolute atomic E-state index is 10.2. The van der Waals surface area contributed by atoms with Crippen molar-refractivity contribution in [2.45, 2.75) is 30.3 Å². The molecule has 4 aliphatic rings. The maximum Gasteiger partial charge on any atom is 0.100 e. The molecule has 5 atom stereocenters. The van der Waals surface area contributed by atoms with E-state index in [1.165, 1.54) is 5.56 Å². The van der Waals surface area contributed by atoms with Crippen molar-refractivity contribution < 1.29 is 0 Å². The Labute approximate surface area is 291 Å². The van der Waals surface area contributed by atoms with Crippen molar-refractivity contribution in [2.24, 2.45) is 5.92 Å². The highest BCUT2D eigenvalue weighted by atomic mass is 15.2. The van der Waals surface area contributed by atoms with Gasteiger partial charge in [0.05, 0.1) is 46.2 Å². The van der Waals surface area contributed by atoms with Crippen LogP contribution in [0.1, 0.15) is 35.4 Å². The molecule has 5 heteroatoms. The number of benzene rings is 3. The van der Waals surface area contributed by atoms with Crippen molar-refractivity contribution in [2.75, 3.05) is 4.90 Å². The van der Waals surface area contributed by atoms with Crippen molar-refractivity contribution >= 4 is 33.2 Å². The second-order valence-electron chi connectivity index (χ2n) is 13.2. The molecule has 4 aromatic carbocycles. The lowest BCUT2D eigenvalue weighted by Crippen LogP contribution is -2.29. The van der Waals surface area contributed by atoms with E-state index in [9.17, 15) is 15.8 Å². The van der Waals surface area contributed by atoms with Gasteiger partial charge in [0.2, 0.25) is 0 Å². The predicted molar refractivity (Wildman–Crippen MR) is 196 cm³/mol. The summed E-state index contributed by atoms with van der Waals surface area (Å²) in [5, 5.41) is 32.1. The first kappa shape index (κ1) is 29.4. The van der Waals surface area contributed by atoms with Gasteiger partial charge in [-0.15, -0.1) is 0 Å². The number of allylic oxidation sites excluding steroid dienone is 10. The molecule has 0 bridgehead atoms. The molecule has 234 valence electrons. The summed E-state index contributed by atoms with van der Waals surface area (Å²) in [5.41, 5.74) is 9.50. The summed E-state index contributed by atoms with van der Waals surface area (Å²) in [7, 11) is 0. The van der Waals surface area contributed by atoms with E-state index in [-0.39, 0.29) is 29.8 Å². The summed E-state index contributed by atoms with van der Waals surface area (Å²) in [6.07, 6.45) is 17.3. The lowest BCUT2D eigenvalue weighted by molar-refractivity contribution is 0.497. The first-order valence-corrected chi connectivity index (χ1v) is 16.9. The van der Waals surface area contributed by atoms with Crippen molar-refractivity contribution in [3.05, 3.63) is 179 Å². The molecule has 50 heavy (non-hydrogen) atoms. The zero-order valence-corrected chi connectivity index (χ0v) is 27.0. The summed E-state index contributed by atoms with van der Waals surface area (Å²) in [6.45, 7) is 0. The second kappa shape index (κ2) is 11.7. The number of nitriles is 3. The lowest BCUT2D eigenvalue weighted by atomic mass is 9.72. The fourth-order valence-electron chi connectivity index (χ4n) is 8.51. The fourth-order valence-corrected chi connectivity index (χ4v) is 8.51. The van der Waals surface area contributed by atoms with Crippen LogP contribution in [0.15, 0.2) is 156 Å². The topological polar surface area (TPSA) is 79.5 Å². The third-order valence-electron chi connectivity index (χ3n) is 10.7. The largest absolute Gasteiger partial charge is 0.333 e. The Balaban J connectivity index is 1.13. The minimum absolute atomic E-state index is 0.0581. The van der Waals surface area contributed by atoms with E-state index in [2.05, 4.69) is 155 Å². The van der Waals surface area contributed by atoms with Crippen LogP contribution in [-0.4, -0.2) is 10.6 Å². The lowest BCUT2D eigenvalue weighted by Gasteiger charge is -2.35. The van der Waals surface area contributed by atoms with Crippen LogP contribution in [0.5, 0.6) is 0 Å². The molecule has 0 spiro atoms. The number of nitrogens with zero attached hydrogens (tertiary/aromatic N) is 5. The zero-order valence-electron chi connectivity index (χ0n) is 27.0. The van der Waals surface area contributed by atoms with Crippen LogP contribution in [0.25, 0.3) is 21.8 Å². The molecule has 3 aliphatic carbocycles. The van der Waals surface area contributed by atoms with Gasteiger partial charge < -0.3 is 9.47 Å². The standard InChI is InChI=1S/C45H29N5/c46-26-29-17-22-45-40(23-29)37-12-4-5-13-41(37)49(45)33-20-18-30(19-21-33)38-24-31(27-47)32(28-48)25-39(38)36-11-3-8-16-44(36)50-42-14-6-1-9-34(42)35-10-2-7-15-43(35)50/h1,3-9,11-23,25,36,38,40,44-45H,24H2. The highest BCUT2D eigenvalue weighted by Gasteiger charge is 2.39. The second-order valence-corrected chi connectivity index (χ2v) is 13.2. The summed E-state index contributed by atoms with van der Waals surface area (Å²) in [4.78, 5) is 2.36. The normalized spacial score (nSPS) is 23.4. The molecule has 5 unspecified atom stereocenters. The number of fused-ring (bicyclic) bond motifs is 6. The molecule has 0 saturated carbocycles. The van der Waals surface area contributed by atoms with E-state index in [0.29, 0.717) is 23.1 Å². The highest BCUT2D eigenvalue weighted by Crippen LogP contribution is 2.50. The van der Waals surface area contributed by atoms with Gasteiger partial charge in [-0.05, 0) is 66.1 Å². The van der Waals surface area contributed by atoms with Gasteiger partial charge in [0.15, 0.2) is 0 Å². The van der Waals surface area contributed by atoms with Crippen LogP contribution in [0.2, 0.25) is 0 Å². The average molecular weight is 640 g/mol. The molecule has 0 amide bonds. The Hall–Kier alpha value is -6.79. The van der Waals surface area contributed by atoms with Gasteiger partial charge in [0, 0.05) is 45.7 Å². The molecule has 2 heterocycles. The zero-order chi connectivity index (χ0) is 33.8. The average Bonchev–Trinajstić information content (AvgIpc) is 3.70. The van der Waals surface area contributed by atoms with E-state index < -0.39 is 0 Å². The third kappa shape index (κ3) is 4.46. The van der Waals surface area contributed by atoms with E-state index >= 15 is 0 Å². The van der Waals surface area contributed by atoms with E-state index in [4.69, 9.17) is 0 Å². The molecule has 0 saturated heterocycles. The molecular weight excluding hydrogens is 611 g/mol. The molecule has 5 aromatic rings. The summed E-state index contributed by atoms with van der Waals surface area (Å²) in [6, 6.07) is 43.1. The van der Waals surface area contributed by atoms with E-state index in [1.807, 2.05) is 18.2 Å². The Morgan fingerprint density at radius 1 is 0.740 bits per heavy atom. The van der Waals surface area contributed by atoms with Crippen molar-refractivity contribution in [1.29, 1.82) is 15.8 Å². The summed E-state index contributed by atoms with van der Waals surface area (Å²) in [5.74, 6) is -0.0523. The fraction of sp³-hybridized carbons (Fsp3) is 0.133. The Bertz CT molecular complexity index is 2480. The molecule has 0 radical (unpaired) electrons.